The summed E-state index contributed by atoms with van der Waals surface area (Å²) in [5.74, 6) is -0.950. The summed E-state index contributed by atoms with van der Waals surface area (Å²) in [7, 11) is 0. The van der Waals surface area contributed by atoms with Gasteiger partial charge >= 0.3 is 5.97 Å². The number of esters is 1. The van der Waals surface area contributed by atoms with E-state index in [9.17, 15) is 4.79 Å². The Labute approximate surface area is 157 Å². The third-order valence-corrected chi connectivity index (χ3v) is 3.94. The van der Waals surface area contributed by atoms with Gasteiger partial charge in [-0.3, -0.25) is 4.79 Å². The summed E-state index contributed by atoms with van der Waals surface area (Å²) in [4.78, 5) is 12.1. The fourth-order valence-corrected chi connectivity index (χ4v) is 3.07. The van der Waals surface area contributed by atoms with Crippen LogP contribution in [0.4, 0.5) is 0 Å². The maximum absolute atomic E-state index is 12.1. The van der Waals surface area contributed by atoms with Crippen molar-refractivity contribution in [2.24, 2.45) is 0 Å². The second-order valence-electron chi connectivity index (χ2n) is 8.23. The third-order valence-electron chi connectivity index (χ3n) is 3.94. The first kappa shape index (κ1) is 20.9. The molecule has 146 valence electrons. The lowest BCUT2D eigenvalue weighted by atomic mass is 10.0. The first-order valence-corrected chi connectivity index (χ1v) is 9.32. The Morgan fingerprint density at radius 1 is 1.15 bits per heavy atom. The van der Waals surface area contributed by atoms with Crippen LogP contribution in [0.3, 0.4) is 0 Å². The number of carbonyl (C=O) groups is 1. The van der Waals surface area contributed by atoms with Crippen molar-refractivity contribution < 1.29 is 23.7 Å². The van der Waals surface area contributed by atoms with Crippen molar-refractivity contribution in [3.8, 4) is 0 Å². The fourth-order valence-electron chi connectivity index (χ4n) is 3.07. The summed E-state index contributed by atoms with van der Waals surface area (Å²) in [5, 5.41) is 0. The molecule has 0 N–H and O–H groups in total. The number of ether oxygens (including phenoxy) is 4. The molecule has 5 heteroatoms. The molecule has 1 heterocycles. The van der Waals surface area contributed by atoms with Crippen LogP contribution in [-0.2, 0) is 30.3 Å². The molecule has 0 aliphatic carbocycles. The van der Waals surface area contributed by atoms with Gasteiger partial charge in [-0.15, -0.1) is 0 Å². The van der Waals surface area contributed by atoms with E-state index < -0.39 is 11.4 Å². The molecule has 2 rings (SSSR count). The van der Waals surface area contributed by atoms with Crippen LogP contribution in [0, 0.1) is 0 Å². The van der Waals surface area contributed by atoms with Gasteiger partial charge in [0.15, 0.2) is 5.79 Å². The number of hydrogen-bond donors (Lipinski definition) is 0. The predicted octanol–water partition coefficient (Wildman–Crippen LogP) is 4.24. The van der Waals surface area contributed by atoms with Gasteiger partial charge < -0.3 is 18.9 Å². The lowest BCUT2D eigenvalue weighted by molar-refractivity contribution is -0.301. The molecule has 0 bridgehead atoms. The Balaban J connectivity index is 1.78. The summed E-state index contributed by atoms with van der Waals surface area (Å²) in [5.41, 5.74) is 0.672. The summed E-state index contributed by atoms with van der Waals surface area (Å²) in [6.07, 6.45) is 1.47. The molecule has 5 nitrogen and oxygen atoms in total. The van der Waals surface area contributed by atoms with E-state index >= 15 is 0 Å². The molecule has 26 heavy (non-hydrogen) atoms. The quantitative estimate of drug-likeness (QED) is 0.535. The van der Waals surface area contributed by atoms with Crippen molar-refractivity contribution in [3.63, 3.8) is 0 Å². The van der Waals surface area contributed by atoms with Crippen LogP contribution in [0.1, 0.15) is 59.4 Å². The van der Waals surface area contributed by atoms with Gasteiger partial charge in [0.05, 0.1) is 25.2 Å². The van der Waals surface area contributed by atoms with Gasteiger partial charge in [-0.1, -0.05) is 30.3 Å². The van der Waals surface area contributed by atoms with E-state index in [1.807, 2.05) is 65.0 Å². The average molecular weight is 364 g/mol. The molecule has 0 amide bonds. The van der Waals surface area contributed by atoms with Gasteiger partial charge in [0.25, 0.3) is 0 Å². The van der Waals surface area contributed by atoms with Crippen LogP contribution >= 0.6 is 0 Å². The number of benzene rings is 1. The topological polar surface area (TPSA) is 54.0 Å². The second kappa shape index (κ2) is 8.98. The lowest BCUT2D eigenvalue weighted by Crippen LogP contribution is -2.46. The van der Waals surface area contributed by atoms with Crippen molar-refractivity contribution in [1.29, 1.82) is 0 Å². The molecule has 1 saturated heterocycles. The van der Waals surface area contributed by atoms with E-state index in [1.165, 1.54) is 0 Å². The largest absolute Gasteiger partial charge is 0.460 e. The monoisotopic (exact) mass is 364 g/mol. The second-order valence-corrected chi connectivity index (χ2v) is 8.23. The minimum absolute atomic E-state index is 0.00181. The highest BCUT2D eigenvalue weighted by molar-refractivity contribution is 5.70. The average Bonchev–Trinajstić information content (AvgIpc) is 2.49. The Kier molecular flexibility index (Phi) is 7.21. The van der Waals surface area contributed by atoms with Crippen LogP contribution in [0.2, 0.25) is 0 Å². The molecule has 0 unspecified atom stereocenters. The molecule has 1 fully saturated rings. The smallest absolute Gasteiger partial charge is 0.308 e. The Bertz CT molecular complexity index is 562. The maximum atomic E-state index is 12.1. The zero-order valence-electron chi connectivity index (χ0n) is 16.6. The Hall–Kier alpha value is -1.43. The fraction of sp³-hybridized carbons (Fsp3) is 0.667. The summed E-state index contributed by atoms with van der Waals surface area (Å²) in [6, 6.07) is 10.1. The predicted molar refractivity (Wildman–Crippen MR) is 99.6 cm³/mol. The molecule has 0 radical (unpaired) electrons. The van der Waals surface area contributed by atoms with Crippen molar-refractivity contribution >= 4 is 5.97 Å². The molecule has 0 saturated carbocycles. The van der Waals surface area contributed by atoms with Crippen LogP contribution in [0.25, 0.3) is 0 Å². The van der Waals surface area contributed by atoms with E-state index in [2.05, 4.69) is 0 Å². The minimum Gasteiger partial charge on any atom is -0.460 e. The molecule has 0 spiro atoms. The maximum Gasteiger partial charge on any atom is 0.308 e. The van der Waals surface area contributed by atoms with Gasteiger partial charge in [0.2, 0.25) is 0 Å². The molecule has 1 aromatic carbocycles. The molecule has 0 aromatic heterocycles. The molecule has 1 aliphatic heterocycles. The molecule has 2 atom stereocenters. The van der Waals surface area contributed by atoms with Crippen molar-refractivity contribution in [1.82, 2.24) is 0 Å². The molecular weight excluding hydrogens is 332 g/mol. The Morgan fingerprint density at radius 2 is 1.81 bits per heavy atom. The van der Waals surface area contributed by atoms with E-state index in [0.717, 1.165) is 12.0 Å². The van der Waals surface area contributed by atoms with Crippen molar-refractivity contribution in [3.05, 3.63) is 35.9 Å². The Morgan fingerprint density at radius 3 is 2.46 bits per heavy atom. The summed E-state index contributed by atoms with van der Waals surface area (Å²) >= 11 is 0. The molecular formula is C21H32O5. The van der Waals surface area contributed by atoms with Crippen molar-refractivity contribution in [2.75, 3.05) is 6.61 Å². The molecule has 1 aromatic rings. The zero-order chi connectivity index (χ0) is 19.2. The lowest BCUT2D eigenvalue weighted by Gasteiger charge is -2.40. The van der Waals surface area contributed by atoms with E-state index in [0.29, 0.717) is 19.6 Å². The summed E-state index contributed by atoms with van der Waals surface area (Å²) < 4.78 is 23.1. The van der Waals surface area contributed by atoms with Gasteiger partial charge in [0.1, 0.15) is 5.60 Å². The highest BCUT2D eigenvalue weighted by Gasteiger charge is 2.36. The zero-order valence-corrected chi connectivity index (χ0v) is 16.6. The SMILES string of the molecule is CC(C)(C)OC(=O)C[C@H]1C[C@@H](CCOCc2ccccc2)OC(C)(C)O1. The van der Waals surface area contributed by atoms with Crippen molar-refractivity contribution in [2.45, 2.75) is 84.1 Å². The number of rotatable bonds is 7. The van der Waals surface area contributed by atoms with Crippen LogP contribution < -0.4 is 0 Å². The minimum atomic E-state index is -0.713. The van der Waals surface area contributed by atoms with Gasteiger partial charge in [-0.25, -0.2) is 0 Å². The highest BCUT2D eigenvalue weighted by atomic mass is 16.7. The van der Waals surface area contributed by atoms with Crippen LogP contribution in [0.5, 0.6) is 0 Å². The van der Waals surface area contributed by atoms with Gasteiger partial charge in [-0.05, 0) is 46.6 Å². The third kappa shape index (κ3) is 7.85. The van der Waals surface area contributed by atoms with Crippen LogP contribution in [-0.4, -0.2) is 36.2 Å². The normalized spacial score (nSPS) is 22.8. The molecule has 1 aliphatic rings. The first-order chi connectivity index (χ1) is 12.1. The van der Waals surface area contributed by atoms with Crippen LogP contribution in [0.15, 0.2) is 30.3 Å². The summed E-state index contributed by atoms with van der Waals surface area (Å²) in [6.45, 7) is 10.6. The standard InChI is InChI=1S/C21H32O5/c1-20(2,3)26-19(22)14-18-13-17(24-21(4,5)25-18)11-12-23-15-16-9-7-6-8-10-16/h6-10,17-18H,11-15H2,1-5H3/t17-,18-/m1/s1. The van der Waals surface area contributed by atoms with E-state index in [1.54, 1.807) is 0 Å². The number of carbonyl (C=O) groups excluding carboxylic acids is 1. The van der Waals surface area contributed by atoms with E-state index in [-0.39, 0.29) is 24.6 Å². The number of hydrogen-bond acceptors (Lipinski definition) is 5. The van der Waals surface area contributed by atoms with Gasteiger partial charge in [-0.2, -0.15) is 0 Å². The highest BCUT2D eigenvalue weighted by Crippen LogP contribution is 2.30. The van der Waals surface area contributed by atoms with E-state index in [4.69, 9.17) is 18.9 Å². The van der Waals surface area contributed by atoms with Gasteiger partial charge in [0, 0.05) is 13.0 Å². The first-order valence-electron chi connectivity index (χ1n) is 9.32.